The molecule has 0 radical (unpaired) electrons. The van der Waals surface area contributed by atoms with E-state index >= 15 is 0 Å². The number of hydrogen-bond donors (Lipinski definition) is 0. The Morgan fingerprint density at radius 3 is 2.67 bits per heavy atom. The van der Waals surface area contributed by atoms with E-state index in [9.17, 15) is 13.2 Å². The minimum Gasteiger partial charge on any atom is -0.375 e. The van der Waals surface area contributed by atoms with Gasteiger partial charge in [0.05, 0.1) is 33.3 Å². The summed E-state index contributed by atoms with van der Waals surface area (Å²) in [6.07, 6.45) is 0. The molecule has 1 aromatic carbocycles. The van der Waals surface area contributed by atoms with Crippen LogP contribution in [0.5, 0.6) is 0 Å². The Kier molecular flexibility index (Phi) is 5.13. The molecule has 0 aliphatic carbocycles. The van der Waals surface area contributed by atoms with Gasteiger partial charge in [0.25, 0.3) is 5.91 Å². The number of sulfone groups is 1. The van der Waals surface area contributed by atoms with Gasteiger partial charge in [-0.25, -0.2) is 8.42 Å². The van der Waals surface area contributed by atoms with Crippen molar-refractivity contribution in [1.29, 1.82) is 0 Å². The number of para-hydroxylation sites is 1. The van der Waals surface area contributed by atoms with Crippen molar-refractivity contribution < 1.29 is 17.9 Å². The fraction of sp³-hybridized carbons (Fsp3) is 0.429. The monoisotopic (exact) mass is 408 g/mol. The van der Waals surface area contributed by atoms with E-state index < -0.39 is 15.7 Å². The number of ether oxygens (including phenoxy) is 1. The summed E-state index contributed by atoms with van der Waals surface area (Å²) in [5, 5.41) is 0.938. The van der Waals surface area contributed by atoms with Gasteiger partial charge in [-0.2, -0.15) is 4.99 Å². The topological polar surface area (TPSA) is 76.0 Å². The van der Waals surface area contributed by atoms with E-state index in [0.717, 1.165) is 0 Å². The van der Waals surface area contributed by atoms with Crippen molar-refractivity contribution in [2.45, 2.75) is 11.3 Å². The SMILES string of the molecule is COCC(=O)N=C1S[C@@H]2CS(=O)(=O)C[C@H]2N1c1c(Cl)cccc1Cl. The Morgan fingerprint density at radius 1 is 1.38 bits per heavy atom. The maximum absolute atomic E-state index is 12.0. The molecule has 1 aromatic rings. The van der Waals surface area contributed by atoms with Gasteiger partial charge in [-0.1, -0.05) is 41.0 Å². The molecule has 0 spiro atoms. The van der Waals surface area contributed by atoms with Crippen LogP contribution in [-0.4, -0.2) is 56.0 Å². The van der Waals surface area contributed by atoms with Gasteiger partial charge in [0, 0.05) is 12.4 Å². The number of carbonyl (C=O) groups excluding carboxylic acids is 1. The second kappa shape index (κ2) is 6.84. The third kappa shape index (κ3) is 3.43. The van der Waals surface area contributed by atoms with Gasteiger partial charge < -0.3 is 9.64 Å². The first-order valence-corrected chi connectivity index (χ1v) is 10.5. The molecule has 2 heterocycles. The fourth-order valence-electron chi connectivity index (χ4n) is 2.81. The fourth-order valence-corrected chi connectivity index (χ4v) is 7.30. The van der Waals surface area contributed by atoms with Crippen LogP contribution in [0.3, 0.4) is 0 Å². The van der Waals surface area contributed by atoms with Crippen LogP contribution in [0.4, 0.5) is 5.69 Å². The van der Waals surface area contributed by atoms with Gasteiger partial charge in [0.1, 0.15) is 6.61 Å². The summed E-state index contributed by atoms with van der Waals surface area (Å²) < 4.78 is 28.8. The Morgan fingerprint density at radius 2 is 2.04 bits per heavy atom. The van der Waals surface area contributed by atoms with Gasteiger partial charge in [-0.3, -0.25) is 4.79 Å². The van der Waals surface area contributed by atoms with E-state index in [2.05, 4.69) is 4.99 Å². The van der Waals surface area contributed by atoms with Crippen LogP contribution in [0.2, 0.25) is 10.0 Å². The zero-order valence-electron chi connectivity index (χ0n) is 12.6. The van der Waals surface area contributed by atoms with Crippen LogP contribution in [0.15, 0.2) is 23.2 Å². The highest BCUT2D eigenvalue weighted by Crippen LogP contribution is 2.45. The van der Waals surface area contributed by atoms with E-state index in [1.165, 1.54) is 18.9 Å². The molecule has 6 nitrogen and oxygen atoms in total. The first kappa shape index (κ1) is 18.0. The Hall–Kier alpha value is -0.800. The van der Waals surface area contributed by atoms with E-state index in [1.54, 1.807) is 23.1 Å². The lowest BCUT2D eigenvalue weighted by molar-refractivity contribution is -0.121. The van der Waals surface area contributed by atoms with Crippen LogP contribution in [0, 0.1) is 0 Å². The van der Waals surface area contributed by atoms with Gasteiger partial charge in [0.2, 0.25) is 0 Å². The highest BCUT2D eigenvalue weighted by atomic mass is 35.5. The third-order valence-electron chi connectivity index (χ3n) is 3.73. The zero-order chi connectivity index (χ0) is 17.5. The summed E-state index contributed by atoms with van der Waals surface area (Å²) in [7, 11) is -1.74. The average Bonchev–Trinajstić information content (AvgIpc) is 2.92. The minimum absolute atomic E-state index is 0.0241. The number of halogens is 2. The first-order valence-electron chi connectivity index (χ1n) is 7.03. The van der Waals surface area contributed by atoms with Gasteiger partial charge in [-0.15, -0.1) is 0 Å². The molecule has 2 aliphatic heterocycles. The standard InChI is InChI=1S/C14H14Cl2N2O4S2/c1-22-5-12(19)17-14-18(13-8(15)3-2-4-9(13)16)10-6-24(20,21)7-11(10)23-14/h2-4,10-11H,5-7H2,1H3/t10-,11-/m1/s1. The predicted octanol–water partition coefficient (Wildman–Crippen LogP) is 2.24. The van der Waals surface area contributed by atoms with Gasteiger partial charge >= 0.3 is 0 Å². The van der Waals surface area contributed by atoms with Crippen molar-refractivity contribution in [3.63, 3.8) is 0 Å². The minimum atomic E-state index is -3.15. The summed E-state index contributed by atoms with van der Waals surface area (Å²) in [5.74, 6) is -0.432. The molecule has 0 aromatic heterocycles. The largest absolute Gasteiger partial charge is 0.375 e. The smallest absolute Gasteiger partial charge is 0.274 e. The van der Waals surface area contributed by atoms with E-state index in [4.69, 9.17) is 27.9 Å². The quantitative estimate of drug-likeness (QED) is 0.762. The molecule has 0 saturated carbocycles. The molecule has 130 valence electrons. The number of nitrogens with zero attached hydrogens (tertiary/aromatic N) is 2. The summed E-state index contributed by atoms with van der Waals surface area (Å²) in [4.78, 5) is 17.6. The molecule has 1 amide bonds. The zero-order valence-corrected chi connectivity index (χ0v) is 15.8. The molecule has 0 bridgehead atoms. The van der Waals surface area contributed by atoms with Crippen molar-refractivity contribution >= 4 is 61.6 Å². The third-order valence-corrected chi connectivity index (χ3v) is 7.55. The molecular weight excluding hydrogens is 395 g/mol. The van der Waals surface area contributed by atoms with Gasteiger partial charge in [-0.05, 0) is 12.1 Å². The second-order valence-electron chi connectivity index (χ2n) is 5.46. The lowest BCUT2D eigenvalue weighted by atomic mass is 10.2. The van der Waals surface area contributed by atoms with Crippen LogP contribution in [0.25, 0.3) is 0 Å². The molecule has 3 rings (SSSR count). The van der Waals surface area contributed by atoms with Crippen LogP contribution >= 0.6 is 35.0 Å². The Bertz CT molecular complexity index is 793. The number of methoxy groups -OCH3 is 1. The highest BCUT2D eigenvalue weighted by Gasteiger charge is 2.50. The van der Waals surface area contributed by atoms with Crippen molar-refractivity contribution in [3.8, 4) is 0 Å². The lowest BCUT2D eigenvalue weighted by Crippen LogP contribution is -2.38. The molecular formula is C14H14Cl2N2O4S2. The normalized spacial score (nSPS) is 26.8. The molecule has 0 unspecified atom stereocenters. The summed E-state index contributed by atoms with van der Waals surface area (Å²) in [5.41, 5.74) is 0.474. The lowest BCUT2D eigenvalue weighted by Gasteiger charge is -2.26. The molecule has 2 saturated heterocycles. The molecule has 24 heavy (non-hydrogen) atoms. The number of amides is 1. The Labute approximate surface area is 154 Å². The number of aliphatic imine (C=N–C) groups is 1. The van der Waals surface area contributed by atoms with Crippen LogP contribution in [-0.2, 0) is 19.4 Å². The number of hydrogen-bond acceptors (Lipinski definition) is 5. The number of anilines is 1. The maximum Gasteiger partial charge on any atom is 0.274 e. The molecule has 2 atom stereocenters. The van der Waals surface area contributed by atoms with Crippen LogP contribution in [0.1, 0.15) is 0 Å². The summed E-state index contributed by atoms with van der Waals surface area (Å²) in [6.45, 7) is -0.151. The maximum atomic E-state index is 12.0. The molecule has 2 aliphatic rings. The number of rotatable bonds is 3. The van der Waals surface area contributed by atoms with Crippen LogP contribution < -0.4 is 4.90 Å². The number of benzene rings is 1. The first-order chi connectivity index (χ1) is 11.3. The molecule has 2 fully saturated rings. The van der Waals surface area contributed by atoms with Crippen molar-refractivity contribution in [2.24, 2.45) is 4.99 Å². The van der Waals surface area contributed by atoms with E-state index in [-0.39, 0.29) is 29.4 Å². The highest BCUT2D eigenvalue weighted by molar-refractivity contribution is 8.16. The number of carbonyl (C=O) groups is 1. The predicted molar refractivity (Wildman–Crippen MR) is 97.1 cm³/mol. The van der Waals surface area contributed by atoms with Crippen molar-refractivity contribution in [2.75, 3.05) is 30.1 Å². The van der Waals surface area contributed by atoms with Crippen molar-refractivity contribution in [3.05, 3.63) is 28.2 Å². The molecule has 10 heteroatoms. The van der Waals surface area contributed by atoms with Gasteiger partial charge in [0.15, 0.2) is 15.0 Å². The summed E-state index contributed by atoms with van der Waals surface area (Å²) >= 11 is 13.8. The average molecular weight is 409 g/mol. The number of fused-ring (bicyclic) bond motifs is 1. The second-order valence-corrected chi connectivity index (χ2v) is 9.64. The summed E-state index contributed by atoms with van der Waals surface area (Å²) in [6, 6.07) is 4.68. The Balaban J connectivity index is 2.07. The number of amidine groups is 1. The van der Waals surface area contributed by atoms with E-state index in [0.29, 0.717) is 20.9 Å². The molecule has 0 N–H and O–H groups in total. The number of thioether (sulfide) groups is 1. The van der Waals surface area contributed by atoms with Crippen molar-refractivity contribution in [1.82, 2.24) is 0 Å². The van der Waals surface area contributed by atoms with E-state index in [1.807, 2.05) is 0 Å².